The number of nitrogens with zero attached hydrogens (tertiary/aromatic N) is 1. The summed E-state index contributed by atoms with van der Waals surface area (Å²) < 4.78 is 0. The Morgan fingerprint density at radius 1 is 1.19 bits per heavy atom. The Labute approximate surface area is 94.5 Å². The first kappa shape index (κ1) is 9.16. The average molecular weight is 208 g/mol. The van der Waals surface area contributed by atoms with Gasteiger partial charge in [0.2, 0.25) is 0 Å². The molecule has 1 aromatic rings. The zero-order chi connectivity index (χ0) is 11.1. The lowest BCUT2D eigenvalue weighted by molar-refractivity contribution is 1.20. The number of benzene rings is 1. The molecule has 2 aliphatic carbocycles. The first-order valence-corrected chi connectivity index (χ1v) is 5.28. The van der Waals surface area contributed by atoms with Crippen molar-refractivity contribution in [2.75, 3.05) is 0 Å². The summed E-state index contributed by atoms with van der Waals surface area (Å²) in [5, 5.41) is 3.86. The van der Waals surface area contributed by atoms with Crippen molar-refractivity contribution in [3.63, 3.8) is 0 Å². The van der Waals surface area contributed by atoms with E-state index in [0.717, 1.165) is 17.7 Å². The van der Waals surface area contributed by atoms with Gasteiger partial charge in [0.1, 0.15) is 0 Å². The summed E-state index contributed by atoms with van der Waals surface area (Å²) in [6.45, 7) is 3.96. The predicted molar refractivity (Wildman–Crippen MR) is 67.0 cm³/mol. The van der Waals surface area contributed by atoms with Gasteiger partial charge in [0.05, 0.1) is 5.71 Å². The van der Waals surface area contributed by atoms with Crippen LogP contribution in [0.15, 0.2) is 59.2 Å². The van der Waals surface area contributed by atoms with E-state index in [4.69, 9.17) is 5.84 Å². The topological polar surface area (TPSA) is 38.4 Å². The number of nitrogens with two attached hydrogens (primary N) is 1. The zero-order valence-electron chi connectivity index (χ0n) is 8.90. The Hall–Kier alpha value is -2.09. The van der Waals surface area contributed by atoms with Crippen LogP contribution < -0.4 is 5.84 Å². The van der Waals surface area contributed by atoms with E-state index < -0.39 is 0 Å². The van der Waals surface area contributed by atoms with E-state index >= 15 is 0 Å². The van der Waals surface area contributed by atoms with Gasteiger partial charge in [-0.05, 0) is 27.8 Å². The average Bonchev–Trinajstić information content (AvgIpc) is 2.67. The van der Waals surface area contributed by atoms with Crippen molar-refractivity contribution in [3.05, 3.63) is 65.3 Å². The molecule has 0 unspecified atom stereocenters. The molecule has 0 aromatic heterocycles. The number of hydrogen-bond donors (Lipinski definition) is 1. The van der Waals surface area contributed by atoms with Crippen LogP contribution in [0.25, 0.3) is 5.57 Å². The van der Waals surface area contributed by atoms with E-state index in [1.807, 2.05) is 6.08 Å². The van der Waals surface area contributed by atoms with Crippen LogP contribution >= 0.6 is 0 Å². The molecule has 0 atom stereocenters. The SMILES string of the molecule is C=C1C=CC2=C(Cc3ccccc32)C1=NN. The second-order valence-corrected chi connectivity index (χ2v) is 4.06. The van der Waals surface area contributed by atoms with Crippen LogP contribution in [0.3, 0.4) is 0 Å². The molecule has 0 radical (unpaired) electrons. The molecule has 3 rings (SSSR count). The van der Waals surface area contributed by atoms with Crippen LogP contribution in [0.4, 0.5) is 0 Å². The zero-order valence-corrected chi connectivity index (χ0v) is 8.90. The van der Waals surface area contributed by atoms with Gasteiger partial charge in [0, 0.05) is 6.42 Å². The summed E-state index contributed by atoms with van der Waals surface area (Å²) in [5.74, 6) is 5.44. The maximum absolute atomic E-state index is 5.44. The molecule has 2 nitrogen and oxygen atoms in total. The van der Waals surface area contributed by atoms with E-state index in [1.165, 1.54) is 22.3 Å². The van der Waals surface area contributed by atoms with Crippen LogP contribution in [0, 0.1) is 0 Å². The molecule has 0 bridgehead atoms. The Bertz CT molecular complexity index is 574. The Morgan fingerprint density at radius 2 is 2.00 bits per heavy atom. The summed E-state index contributed by atoms with van der Waals surface area (Å²) >= 11 is 0. The molecule has 78 valence electrons. The third-order valence-corrected chi connectivity index (χ3v) is 3.17. The maximum Gasteiger partial charge on any atom is 0.0934 e. The molecule has 0 aliphatic heterocycles. The lowest BCUT2D eigenvalue weighted by Crippen LogP contribution is -2.11. The van der Waals surface area contributed by atoms with Crippen LogP contribution in [-0.4, -0.2) is 5.71 Å². The molecule has 2 aliphatic rings. The van der Waals surface area contributed by atoms with E-state index in [9.17, 15) is 0 Å². The van der Waals surface area contributed by atoms with Gasteiger partial charge in [-0.2, -0.15) is 5.10 Å². The minimum atomic E-state index is 0.841. The molecule has 0 fully saturated rings. The van der Waals surface area contributed by atoms with Crippen molar-refractivity contribution in [1.82, 2.24) is 0 Å². The van der Waals surface area contributed by atoms with Gasteiger partial charge in [-0.15, -0.1) is 0 Å². The van der Waals surface area contributed by atoms with Gasteiger partial charge in [-0.3, -0.25) is 0 Å². The van der Waals surface area contributed by atoms with Crippen LogP contribution in [0.1, 0.15) is 11.1 Å². The van der Waals surface area contributed by atoms with Crippen LogP contribution in [0.5, 0.6) is 0 Å². The van der Waals surface area contributed by atoms with Gasteiger partial charge in [-0.1, -0.05) is 43.0 Å². The second-order valence-electron chi connectivity index (χ2n) is 4.06. The summed E-state index contributed by atoms with van der Waals surface area (Å²) in [7, 11) is 0. The molecular formula is C14H12N2. The van der Waals surface area contributed by atoms with Gasteiger partial charge < -0.3 is 5.84 Å². The predicted octanol–water partition coefficient (Wildman–Crippen LogP) is 2.44. The lowest BCUT2D eigenvalue weighted by atomic mass is 9.93. The molecule has 0 saturated carbocycles. The van der Waals surface area contributed by atoms with Gasteiger partial charge in [0.15, 0.2) is 0 Å². The molecule has 2 N–H and O–H groups in total. The van der Waals surface area contributed by atoms with Crippen LogP contribution in [-0.2, 0) is 6.42 Å². The Morgan fingerprint density at radius 3 is 2.81 bits per heavy atom. The minimum Gasteiger partial charge on any atom is -0.323 e. The van der Waals surface area contributed by atoms with Gasteiger partial charge in [0.25, 0.3) is 0 Å². The van der Waals surface area contributed by atoms with Crippen LogP contribution in [0.2, 0.25) is 0 Å². The smallest absolute Gasteiger partial charge is 0.0934 e. The summed E-state index contributed by atoms with van der Waals surface area (Å²) in [5.41, 5.74) is 6.82. The second kappa shape index (κ2) is 3.20. The molecule has 2 heteroatoms. The van der Waals surface area contributed by atoms with Crippen molar-refractivity contribution in [2.24, 2.45) is 10.9 Å². The number of hydrogen-bond acceptors (Lipinski definition) is 2. The Kier molecular flexibility index (Phi) is 1.83. The molecular weight excluding hydrogens is 196 g/mol. The molecule has 0 saturated heterocycles. The van der Waals surface area contributed by atoms with Gasteiger partial charge >= 0.3 is 0 Å². The lowest BCUT2D eigenvalue weighted by Gasteiger charge is -2.12. The molecule has 16 heavy (non-hydrogen) atoms. The minimum absolute atomic E-state index is 0.841. The third-order valence-electron chi connectivity index (χ3n) is 3.17. The highest BCUT2D eigenvalue weighted by Gasteiger charge is 2.26. The number of fused-ring (bicyclic) bond motifs is 2. The van der Waals surface area contributed by atoms with Crippen molar-refractivity contribution in [1.29, 1.82) is 0 Å². The monoisotopic (exact) mass is 208 g/mol. The fourth-order valence-electron chi connectivity index (χ4n) is 2.40. The van der Waals surface area contributed by atoms with Crippen molar-refractivity contribution in [3.8, 4) is 0 Å². The van der Waals surface area contributed by atoms with E-state index in [1.54, 1.807) is 0 Å². The van der Waals surface area contributed by atoms with Crippen molar-refractivity contribution < 1.29 is 0 Å². The number of rotatable bonds is 0. The van der Waals surface area contributed by atoms with E-state index in [2.05, 4.69) is 42.0 Å². The first-order chi connectivity index (χ1) is 7.81. The van der Waals surface area contributed by atoms with Crippen molar-refractivity contribution >= 4 is 11.3 Å². The highest BCUT2D eigenvalue weighted by atomic mass is 15.1. The van der Waals surface area contributed by atoms with Crippen molar-refractivity contribution in [2.45, 2.75) is 6.42 Å². The normalized spacial score (nSPS) is 20.2. The number of allylic oxidation sites excluding steroid dienone is 5. The standard InChI is InChI=1S/C14H12N2/c1-9-6-7-12-11-5-3-2-4-10(11)8-13(12)14(9)16-15/h2-7H,1,8,15H2. The third kappa shape index (κ3) is 1.10. The molecule has 0 spiro atoms. The largest absolute Gasteiger partial charge is 0.323 e. The quantitative estimate of drug-likeness (QED) is 0.516. The molecule has 1 aromatic carbocycles. The fraction of sp³-hybridized carbons (Fsp3) is 0.0714. The fourth-order valence-corrected chi connectivity index (χ4v) is 2.40. The van der Waals surface area contributed by atoms with Gasteiger partial charge in [-0.25, -0.2) is 0 Å². The number of hydrazone groups is 1. The molecule has 0 heterocycles. The van der Waals surface area contributed by atoms with E-state index in [-0.39, 0.29) is 0 Å². The summed E-state index contributed by atoms with van der Waals surface area (Å²) in [6, 6.07) is 8.42. The Balaban J connectivity index is 2.21. The molecule has 0 amide bonds. The first-order valence-electron chi connectivity index (χ1n) is 5.28. The summed E-state index contributed by atoms with van der Waals surface area (Å²) in [6.07, 6.45) is 5.00. The summed E-state index contributed by atoms with van der Waals surface area (Å²) in [4.78, 5) is 0. The van der Waals surface area contributed by atoms with E-state index in [0.29, 0.717) is 0 Å². The maximum atomic E-state index is 5.44. The highest BCUT2D eigenvalue weighted by Crippen LogP contribution is 2.37. The highest BCUT2D eigenvalue weighted by molar-refractivity contribution is 6.21.